The number of rotatable bonds is 4. The number of hydrogen-bond donors (Lipinski definition) is 1. The molecule has 1 amide bonds. The van der Waals surface area contributed by atoms with Gasteiger partial charge in [0.1, 0.15) is 6.04 Å². The quantitative estimate of drug-likeness (QED) is 0.903. The Morgan fingerprint density at radius 3 is 2.37 bits per heavy atom. The third-order valence-corrected chi connectivity index (χ3v) is 4.16. The van der Waals surface area contributed by atoms with Crippen LogP contribution in [0.2, 0.25) is 0 Å². The highest BCUT2D eigenvalue weighted by atomic mass is 32.2. The van der Waals surface area contributed by atoms with Crippen molar-refractivity contribution in [3.05, 3.63) is 29.3 Å². The minimum atomic E-state index is -3.54. The SMILES string of the molecule is CNC(=O)[C@@H](C)N(c1cc(C)ccc1C)S(C)(=O)=O. The Labute approximate surface area is 114 Å². The van der Waals surface area contributed by atoms with E-state index in [1.54, 1.807) is 13.0 Å². The van der Waals surface area contributed by atoms with Crippen LogP contribution in [-0.4, -0.2) is 33.7 Å². The monoisotopic (exact) mass is 284 g/mol. The third kappa shape index (κ3) is 3.47. The van der Waals surface area contributed by atoms with E-state index in [0.717, 1.165) is 21.7 Å². The third-order valence-electron chi connectivity index (χ3n) is 2.94. The summed E-state index contributed by atoms with van der Waals surface area (Å²) in [6.07, 6.45) is 1.11. The molecule has 0 bridgehead atoms. The molecule has 0 fully saturated rings. The van der Waals surface area contributed by atoms with Crippen molar-refractivity contribution in [3.63, 3.8) is 0 Å². The number of anilines is 1. The molecule has 0 radical (unpaired) electrons. The molecule has 0 heterocycles. The van der Waals surface area contributed by atoms with Crippen molar-refractivity contribution in [2.24, 2.45) is 0 Å². The Bertz CT molecular complexity index is 582. The molecule has 0 unspecified atom stereocenters. The number of amides is 1. The largest absolute Gasteiger partial charge is 0.357 e. The predicted octanol–water partition coefficient (Wildman–Crippen LogP) is 1.20. The first-order chi connectivity index (χ1) is 8.68. The van der Waals surface area contributed by atoms with Crippen molar-refractivity contribution in [2.75, 3.05) is 17.6 Å². The standard InChI is InChI=1S/C13H20N2O3S/c1-9-6-7-10(2)12(8-9)15(19(5,17)18)11(3)13(16)14-4/h6-8,11H,1-5H3,(H,14,16)/t11-/m1/s1. The number of aryl methyl sites for hydroxylation is 2. The fourth-order valence-corrected chi connectivity index (χ4v) is 3.17. The molecule has 1 rings (SSSR count). The Hall–Kier alpha value is -1.56. The van der Waals surface area contributed by atoms with Crippen LogP contribution >= 0.6 is 0 Å². The zero-order chi connectivity index (χ0) is 14.8. The first-order valence-electron chi connectivity index (χ1n) is 5.96. The van der Waals surface area contributed by atoms with Crippen LogP contribution < -0.4 is 9.62 Å². The van der Waals surface area contributed by atoms with E-state index >= 15 is 0 Å². The maximum atomic E-state index is 12.0. The van der Waals surface area contributed by atoms with Crippen LogP contribution in [0.4, 0.5) is 5.69 Å². The van der Waals surface area contributed by atoms with E-state index in [1.807, 2.05) is 26.0 Å². The maximum Gasteiger partial charge on any atom is 0.243 e. The summed E-state index contributed by atoms with van der Waals surface area (Å²) < 4.78 is 25.2. The van der Waals surface area contributed by atoms with Gasteiger partial charge in [0.2, 0.25) is 15.9 Å². The van der Waals surface area contributed by atoms with Crippen LogP contribution in [-0.2, 0) is 14.8 Å². The molecule has 1 atom stereocenters. The summed E-state index contributed by atoms with van der Waals surface area (Å²) in [4.78, 5) is 11.8. The molecule has 0 aliphatic heterocycles. The molecule has 1 aromatic carbocycles. The van der Waals surface area contributed by atoms with Gasteiger partial charge in [0.25, 0.3) is 0 Å². The predicted molar refractivity (Wildman–Crippen MR) is 76.8 cm³/mol. The van der Waals surface area contributed by atoms with Gasteiger partial charge in [-0.1, -0.05) is 12.1 Å². The Morgan fingerprint density at radius 1 is 1.32 bits per heavy atom. The first kappa shape index (κ1) is 15.5. The lowest BCUT2D eigenvalue weighted by molar-refractivity contribution is -0.121. The smallest absolute Gasteiger partial charge is 0.243 e. The molecule has 0 spiro atoms. The van der Waals surface area contributed by atoms with Gasteiger partial charge >= 0.3 is 0 Å². The summed E-state index contributed by atoms with van der Waals surface area (Å²) in [7, 11) is -2.05. The average molecular weight is 284 g/mol. The molecular formula is C13H20N2O3S. The molecule has 1 aromatic rings. The minimum Gasteiger partial charge on any atom is -0.357 e. The second-order valence-electron chi connectivity index (χ2n) is 4.64. The number of likely N-dealkylation sites (N-methyl/N-ethyl adjacent to an activating group) is 1. The van der Waals surface area contributed by atoms with Crippen LogP contribution in [0, 0.1) is 13.8 Å². The number of benzene rings is 1. The van der Waals surface area contributed by atoms with Crippen molar-refractivity contribution < 1.29 is 13.2 Å². The highest BCUT2D eigenvalue weighted by Gasteiger charge is 2.29. The molecule has 0 aliphatic rings. The van der Waals surface area contributed by atoms with Gasteiger partial charge in [-0.15, -0.1) is 0 Å². The van der Waals surface area contributed by atoms with Crippen LogP contribution in [0.5, 0.6) is 0 Å². The van der Waals surface area contributed by atoms with Crippen LogP contribution in [0.25, 0.3) is 0 Å². The van der Waals surface area contributed by atoms with Gasteiger partial charge in [-0.25, -0.2) is 8.42 Å². The number of carbonyl (C=O) groups excluding carboxylic acids is 1. The number of nitrogens with zero attached hydrogens (tertiary/aromatic N) is 1. The fourth-order valence-electron chi connectivity index (χ4n) is 1.95. The summed E-state index contributed by atoms with van der Waals surface area (Å²) in [6.45, 7) is 5.28. The summed E-state index contributed by atoms with van der Waals surface area (Å²) in [5.74, 6) is -0.341. The average Bonchev–Trinajstić information content (AvgIpc) is 2.31. The van der Waals surface area contributed by atoms with Gasteiger partial charge in [0.15, 0.2) is 0 Å². The number of sulfonamides is 1. The van der Waals surface area contributed by atoms with Gasteiger partial charge in [-0.2, -0.15) is 0 Å². The number of nitrogens with one attached hydrogen (secondary N) is 1. The fraction of sp³-hybridized carbons (Fsp3) is 0.462. The topological polar surface area (TPSA) is 66.5 Å². The summed E-state index contributed by atoms with van der Waals surface area (Å²) in [5, 5.41) is 2.48. The minimum absolute atomic E-state index is 0.341. The zero-order valence-electron chi connectivity index (χ0n) is 11.9. The Morgan fingerprint density at radius 2 is 1.89 bits per heavy atom. The maximum absolute atomic E-state index is 12.0. The second kappa shape index (κ2) is 5.61. The molecule has 0 saturated carbocycles. The van der Waals surface area contributed by atoms with Gasteiger partial charge in [0, 0.05) is 7.05 Å². The van der Waals surface area contributed by atoms with Crippen LogP contribution in [0.15, 0.2) is 18.2 Å². The van der Waals surface area contributed by atoms with E-state index in [9.17, 15) is 13.2 Å². The lowest BCUT2D eigenvalue weighted by Gasteiger charge is -2.29. The first-order valence-corrected chi connectivity index (χ1v) is 7.81. The highest BCUT2D eigenvalue weighted by Crippen LogP contribution is 2.26. The lowest BCUT2D eigenvalue weighted by Crippen LogP contribution is -2.47. The Balaban J connectivity index is 3.41. The van der Waals surface area contributed by atoms with Crippen molar-refractivity contribution >= 4 is 21.6 Å². The van der Waals surface area contributed by atoms with Gasteiger partial charge < -0.3 is 5.32 Å². The van der Waals surface area contributed by atoms with Crippen molar-refractivity contribution in [3.8, 4) is 0 Å². The van der Waals surface area contributed by atoms with Gasteiger partial charge in [0.05, 0.1) is 11.9 Å². The normalized spacial score (nSPS) is 12.9. The van der Waals surface area contributed by atoms with E-state index in [4.69, 9.17) is 0 Å². The number of hydrogen-bond acceptors (Lipinski definition) is 3. The molecule has 106 valence electrons. The molecule has 1 N–H and O–H groups in total. The van der Waals surface area contributed by atoms with Gasteiger partial charge in [-0.05, 0) is 38.0 Å². The van der Waals surface area contributed by atoms with Crippen LogP contribution in [0.3, 0.4) is 0 Å². The highest BCUT2D eigenvalue weighted by molar-refractivity contribution is 7.92. The van der Waals surface area contributed by atoms with E-state index in [0.29, 0.717) is 5.69 Å². The van der Waals surface area contributed by atoms with Crippen molar-refractivity contribution in [1.29, 1.82) is 0 Å². The van der Waals surface area contributed by atoms with Crippen molar-refractivity contribution in [1.82, 2.24) is 5.32 Å². The molecule has 0 aromatic heterocycles. The van der Waals surface area contributed by atoms with E-state index in [-0.39, 0.29) is 5.91 Å². The van der Waals surface area contributed by atoms with Gasteiger partial charge in [-0.3, -0.25) is 9.10 Å². The molecular weight excluding hydrogens is 264 g/mol. The lowest BCUT2D eigenvalue weighted by atomic mass is 10.1. The molecule has 19 heavy (non-hydrogen) atoms. The van der Waals surface area contributed by atoms with E-state index < -0.39 is 16.1 Å². The second-order valence-corrected chi connectivity index (χ2v) is 6.50. The van der Waals surface area contributed by atoms with E-state index in [1.165, 1.54) is 7.05 Å². The zero-order valence-corrected chi connectivity index (χ0v) is 12.7. The molecule has 5 nitrogen and oxygen atoms in total. The summed E-state index contributed by atoms with van der Waals surface area (Å²) in [6, 6.07) is 4.74. The number of carbonyl (C=O) groups is 1. The van der Waals surface area contributed by atoms with Crippen LogP contribution in [0.1, 0.15) is 18.1 Å². The van der Waals surface area contributed by atoms with E-state index in [2.05, 4.69) is 5.32 Å². The molecule has 6 heteroatoms. The summed E-state index contributed by atoms with van der Waals surface area (Å²) in [5.41, 5.74) is 2.30. The summed E-state index contributed by atoms with van der Waals surface area (Å²) >= 11 is 0. The molecule has 0 aliphatic carbocycles. The molecule has 0 saturated heterocycles. The Kier molecular flexibility index (Phi) is 4.57. The van der Waals surface area contributed by atoms with Crippen molar-refractivity contribution in [2.45, 2.75) is 26.8 Å².